The average molecular weight is 336 g/mol. The lowest BCUT2D eigenvalue weighted by Crippen LogP contribution is -2.17. The molecule has 0 bridgehead atoms. The van der Waals surface area contributed by atoms with Gasteiger partial charge < -0.3 is 9.30 Å². The number of rotatable bonds is 5. The molecule has 1 heterocycles. The second-order valence-electron chi connectivity index (χ2n) is 4.40. The van der Waals surface area contributed by atoms with E-state index in [0.717, 1.165) is 27.7 Å². The minimum absolute atomic E-state index is 0.0565. The van der Waals surface area contributed by atoms with Crippen LogP contribution >= 0.6 is 23.1 Å². The van der Waals surface area contributed by atoms with Crippen LogP contribution in [0.1, 0.15) is 6.92 Å². The fourth-order valence-corrected chi connectivity index (χ4v) is 3.35. The maximum absolute atomic E-state index is 11.9. The molecule has 0 atom stereocenters. The molecule has 0 spiro atoms. The Balaban J connectivity index is 2.46. The number of amides is 1. The van der Waals surface area contributed by atoms with Crippen molar-refractivity contribution >= 4 is 44.3 Å². The molecule has 0 fully saturated rings. The van der Waals surface area contributed by atoms with Crippen molar-refractivity contribution in [2.45, 2.75) is 13.5 Å². The first kappa shape index (κ1) is 16.5. The first-order valence-electron chi connectivity index (χ1n) is 6.54. The van der Waals surface area contributed by atoms with Gasteiger partial charge in [-0.25, -0.2) is 0 Å². The predicted octanol–water partition coefficient (Wildman–Crippen LogP) is 2.60. The van der Waals surface area contributed by atoms with E-state index in [9.17, 15) is 9.59 Å². The summed E-state index contributed by atoms with van der Waals surface area (Å²) >= 11 is 2.37. The lowest BCUT2D eigenvalue weighted by atomic mass is 10.3. The Bertz CT molecular complexity index is 790. The summed E-state index contributed by atoms with van der Waals surface area (Å²) in [5, 5.41) is -0.0939. The third-order valence-electron chi connectivity index (χ3n) is 2.82. The fraction of sp³-hybridized carbons (Fsp3) is 0.267. The summed E-state index contributed by atoms with van der Waals surface area (Å²) < 4.78 is 8.11. The van der Waals surface area contributed by atoms with Crippen molar-refractivity contribution in [1.82, 2.24) is 4.57 Å². The summed E-state index contributed by atoms with van der Waals surface area (Å²) in [6.07, 6.45) is 1.75. The Morgan fingerprint density at radius 3 is 2.91 bits per heavy atom. The van der Waals surface area contributed by atoms with Crippen LogP contribution in [0.15, 0.2) is 35.8 Å². The number of carbonyl (C=O) groups excluding carboxylic acids is 2. The molecule has 2 aromatic rings. The summed E-state index contributed by atoms with van der Waals surface area (Å²) in [5.74, 6) is 0.488. The molecule has 0 aliphatic carbocycles. The maximum Gasteiger partial charge on any atom is 0.258 e. The molecule has 0 saturated heterocycles. The van der Waals surface area contributed by atoms with Crippen LogP contribution in [-0.4, -0.2) is 28.5 Å². The monoisotopic (exact) mass is 336 g/mol. The number of thioether (sulfide) groups is 1. The number of allylic oxidation sites excluding steroid dienone is 1. The van der Waals surface area contributed by atoms with Crippen molar-refractivity contribution in [3.8, 4) is 5.75 Å². The Morgan fingerprint density at radius 1 is 1.50 bits per heavy atom. The lowest BCUT2D eigenvalue weighted by Gasteiger charge is -2.02. The first-order valence-corrected chi connectivity index (χ1v) is 8.34. The molecular weight excluding hydrogens is 320 g/mol. The minimum atomic E-state index is -0.323. The van der Waals surface area contributed by atoms with Crippen LogP contribution in [0.4, 0.5) is 0 Å². The van der Waals surface area contributed by atoms with Crippen LogP contribution in [-0.2, 0) is 16.1 Å². The third-order valence-corrected chi connectivity index (χ3v) is 4.66. The van der Waals surface area contributed by atoms with E-state index in [1.54, 1.807) is 13.2 Å². The van der Waals surface area contributed by atoms with Crippen molar-refractivity contribution in [3.05, 3.63) is 35.7 Å². The van der Waals surface area contributed by atoms with E-state index in [2.05, 4.69) is 11.6 Å². The molecule has 0 N–H and O–H groups in total. The van der Waals surface area contributed by atoms with E-state index in [-0.39, 0.29) is 16.8 Å². The van der Waals surface area contributed by atoms with Crippen molar-refractivity contribution < 1.29 is 14.3 Å². The van der Waals surface area contributed by atoms with Gasteiger partial charge in [0, 0.05) is 13.5 Å². The van der Waals surface area contributed by atoms with Gasteiger partial charge in [0.25, 0.3) is 5.91 Å². The summed E-state index contributed by atoms with van der Waals surface area (Å²) in [5.41, 5.74) is 0.969. The summed E-state index contributed by atoms with van der Waals surface area (Å²) in [4.78, 5) is 27.5. The summed E-state index contributed by atoms with van der Waals surface area (Å²) in [6.45, 7) is 5.73. The van der Waals surface area contributed by atoms with Gasteiger partial charge in [-0.15, -0.1) is 6.58 Å². The van der Waals surface area contributed by atoms with Gasteiger partial charge in [0.2, 0.25) is 0 Å². The van der Waals surface area contributed by atoms with Crippen molar-refractivity contribution in [2.75, 3.05) is 12.9 Å². The number of aromatic nitrogens is 1. The normalized spacial score (nSPS) is 11.6. The van der Waals surface area contributed by atoms with Crippen LogP contribution in [0.3, 0.4) is 0 Å². The van der Waals surface area contributed by atoms with Gasteiger partial charge in [-0.1, -0.05) is 29.2 Å². The number of hydrogen-bond acceptors (Lipinski definition) is 5. The van der Waals surface area contributed by atoms with Crippen LogP contribution < -0.4 is 9.54 Å². The number of thiazole rings is 1. The zero-order valence-corrected chi connectivity index (χ0v) is 14.0. The van der Waals surface area contributed by atoms with E-state index >= 15 is 0 Å². The largest absolute Gasteiger partial charge is 0.497 e. The minimum Gasteiger partial charge on any atom is -0.497 e. The van der Waals surface area contributed by atoms with Crippen LogP contribution in [0.25, 0.3) is 10.2 Å². The highest BCUT2D eigenvalue weighted by molar-refractivity contribution is 8.14. The summed E-state index contributed by atoms with van der Waals surface area (Å²) in [6, 6.07) is 5.71. The van der Waals surface area contributed by atoms with Crippen molar-refractivity contribution in [3.63, 3.8) is 0 Å². The molecule has 1 aromatic carbocycles. The average Bonchev–Trinajstić information content (AvgIpc) is 2.82. The zero-order chi connectivity index (χ0) is 16.1. The smallest absolute Gasteiger partial charge is 0.258 e. The quantitative estimate of drug-likeness (QED) is 0.788. The third kappa shape index (κ3) is 3.86. The standard InChI is InChI=1S/C15H16N2O3S2/c1-4-7-17-12-6-5-11(20-3)8-13(12)22-15(17)16-14(19)9-21-10(2)18/h4-6,8H,1,7,9H2,2-3H3. The molecule has 2 rings (SSSR count). The molecule has 0 aliphatic rings. The van der Waals surface area contributed by atoms with Crippen LogP contribution in [0.5, 0.6) is 5.75 Å². The number of ether oxygens (including phenoxy) is 1. The number of methoxy groups -OCH3 is 1. The van der Waals surface area contributed by atoms with Gasteiger partial charge in [-0.3, -0.25) is 9.59 Å². The first-order chi connectivity index (χ1) is 10.5. The zero-order valence-electron chi connectivity index (χ0n) is 12.4. The van der Waals surface area contributed by atoms with E-state index in [4.69, 9.17) is 4.74 Å². The highest BCUT2D eigenvalue weighted by Crippen LogP contribution is 2.23. The van der Waals surface area contributed by atoms with Gasteiger partial charge in [0.05, 0.1) is 23.1 Å². The Labute approximate surface area is 136 Å². The Morgan fingerprint density at radius 2 is 2.27 bits per heavy atom. The van der Waals surface area contributed by atoms with Crippen molar-refractivity contribution in [2.24, 2.45) is 4.99 Å². The SMILES string of the molecule is C=CCn1c(=NC(=O)CSC(C)=O)sc2cc(OC)ccc21. The highest BCUT2D eigenvalue weighted by atomic mass is 32.2. The highest BCUT2D eigenvalue weighted by Gasteiger charge is 2.09. The van der Waals surface area contributed by atoms with E-state index < -0.39 is 0 Å². The molecule has 1 aromatic heterocycles. The number of benzene rings is 1. The van der Waals surface area contributed by atoms with Gasteiger partial charge in [0.15, 0.2) is 9.92 Å². The number of hydrogen-bond donors (Lipinski definition) is 0. The van der Waals surface area contributed by atoms with Gasteiger partial charge in [-0.2, -0.15) is 4.99 Å². The van der Waals surface area contributed by atoms with Gasteiger partial charge in [-0.05, 0) is 18.2 Å². The van der Waals surface area contributed by atoms with Gasteiger partial charge >= 0.3 is 0 Å². The number of nitrogens with zero attached hydrogens (tertiary/aromatic N) is 2. The molecule has 116 valence electrons. The second kappa shape index (κ2) is 7.42. The summed E-state index contributed by atoms with van der Waals surface area (Å²) in [7, 11) is 1.61. The molecular formula is C15H16N2O3S2. The molecule has 0 saturated carbocycles. The molecule has 5 nitrogen and oxygen atoms in total. The van der Waals surface area contributed by atoms with Crippen LogP contribution in [0.2, 0.25) is 0 Å². The molecule has 22 heavy (non-hydrogen) atoms. The number of fused-ring (bicyclic) bond motifs is 1. The predicted molar refractivity (Wildman–Crippen MR) is 90.3 cm³/mol. The second-order valence-corrected chi connectivity index (χ2v) is 6.56. The van der Waals surface area contributed by atoms with E-state index in [0.29, 0.717) is 11.3 Å². The topological polar surface area (TPSA) is 60.7 Å². The van der Waals surface area contributed by atoms with E-state index in [1.807, 2.05) is 22.8 Å². The molecule has 1 amide bonds. The fourth-order valence-electron chi connectivity index (χ4n) is 1.87. The molecule has 0 radical (unpaired) electrons. The Hall–Kier alpha value is -1.86. The van der Waals surface area contributed by atoms with Gasteiger partial charge in [0.1, 0.15) is 5.75 Å². The van der Waals surface area contributed by atoms with E-state index in [1.165, 1.54) is 18.3 Å². The molecule has 0 unspecified atom stereocenters. The maximum atomic E-state index is 11.9. The molecule has 7 heteroatoms. The molecule has 0 aliphatic heterocycles. The number of carbonyl (C=O) groups is 2. The van der Waals surface area contributed by atoms with Crippen LogP contribution in [0, 0.1) is 0 Å². The lowest BCUT2D eigenvalue weighted by molar-refractivity contribution is -0.116. The Kier molecular flexibility index (Phi) is 5.57. The van der Waals surface area contributed by atoms with Crippen molar-refractivity contribution in [1.29, 1.82) is 0 Å².